The number of carbonyl (C=O) groups is 1. The van der Waals surface area contributed by atoms with E-state index in [4.69, 9.17) is 4.42 Å². The lowest BCUT2D eigenvalue weighted by molar-refractivity contribution is -0.133. The second kappa shape index (κ2) is 8.72. The number of nitrogens with one attached hydrogen (secondary N) is 1. The molecule has 1 fully saturated rings. The Morgan fingerprint density at radius 2 is 1.92 bits per heavy atom. The van der Waals surface area contributed by atoms with Crippen LogP contribution in [0.15, 0.2) is 22.8 Å². The molecular weight excluding hydrogens is 336 g/mol. The van der Waals surface area contributed by atoms with Gasteiger partial charge in [0, 0.05) is 23.5 Å². The lowest BCUT2D eigenvalue weighted by Crippen LogP contribution is -2.47. The maximum absolute atomic E-state index is 13.0. The number of fused-ring (bicyclic) bond motifs is 1. The fourth-order valence-electron chi connectivity index (χ4n) is 3.61. The number of benzene rings is 1. The molecule has 25 heavy (non-hydrogen) atoms. The van der Waals surface area contributed by atoms with Crippen LogP contribution in [-0.2, 0) is 11.2 Å². The molecule has 138 valence electrons. The van der Waals surface area contributed by atoms with Gasteiger partial charge in [0.25, 0.3) is 0 Å². The van der Waals surface area contributed by atoms with Gasteiger partial charge in [-0.1, -0.05) is 6.92 Å². The zero-order chi connectivity index (χ0) is 17.1. The van der Waals surface area contributed by atoms with Gasteiger partial charge in [-0.15, -0.1) is 12.4 Å². The minimum absolute atomic E-state index is 0. The molecule has 0 atom stereocenters. The molecule has 0 aliphatic carbocycles. The predicted molar refractivity (Wildman–Crippen MR) is 105 cm³/mol. The molecule has 1 aliphatic heterocycles. The quantitative estimate of drug-likeness (QED) is 0.872. The van der Waals surface area contributed by atoms with Crippen LogP contribution in [0.2, 0.25) is 0 Å². The first-order chi connectivity index (χ1) is 11.6. The summed E-state index contributed by atoms with van der Waals surface area (Å²) >= 11 is 0. The highest BCUT2D eigenvalue weighted by atomic mass is 35.5. The molecule has 1 aromatic heterocycles. The Kier molecular flexibility index (Phi) is 6.91. The molecule has 2 heterocycles. The fraction of sp³-hybridized carbons (Fsp3) is 0.550. The number of amides is 1. The highest BCUT2D eigenvalue weighted by Crippen LogP contribution is 2.26. The maximum atomic E-state index is 13.0. The molecule has 4 nitrogen and oxygen atoms in total. The third kappa shape index (κ3) is 4.36. The number of nitrogens with zero attached hydrogens (tertiary/aromatic N) is 1. The normalized spacial score (nSPS) is 15.2. The molecule has 1 aliphatic rings. The third-order valence-electron chi connectivity index (χ3n) is 5.15. The molecule has 0 saturated carbocycles. The summed E-state index contributed by atoms with van der Waals surface area (Å²) in [5.41, 5.74) is 4.34. The van der Waals surface area contributed by atoms with Gasteiger partial charge in [-0.25, -0.2) is 0 Å². The summed E-state index contributed by atoms with van der Waals surface area (Å²) in [5, 5.41) is 4.46. The van der Waals surface area contributed by atoms with Crippen LogP contribution >= 0.6 is 12.4 Å². The predicted octanol–water partition coefficient (Wildman–Crippen LogP) is 4.00. The standard InChI is InChI=1S/C20H28N2O2.ClH/c1-4-9-22(17-5-7-21-8-6-17)20(23)12-16-13-24-19-11-15(3)14(2)10-18(16)19;/h10-11,13,17,21H,4-9,12H2,1-3H3;1H. The van der Waals surface area contributed by atoms with Crippen LogP contribution < -0.4 is 5.32 Å². The van der Waals surface area contributed by atoms with Crippen molar-refractivity contribution < 1.29 is 9.21 Å². The van der Waals surface area contributed by atoms with Gasteiger partial charge in [0.2, 0.25) is 5.91 Å². The molecule has 0 bridgehead atoms. The lowest BCUT2D eigenvalue weighted by Gasteiger charge is -2.34. The van der Waals surface area contributed by atoms with Crippen molar-refractivity contribution in [2.45, 2.75) is 52.5 Å². The molecule has 1 saturated heterocycles. The largest absolute Gasteiger partial charge is 0.464 e. The van der Waals surface area contributed by atoms with Crippen LogP contribution in [0.25, 0.3) is 11.0 Å². The maximum Gasteiger partial charge on any atom is 0.227 e. The SMILES string of the molecule is CCCN(C(=O)Cc1coc2cc(C)c(C)cc12)C1CCNCC1.Cl. The van der Waals surface area contributed by atoms with Gasteiger partial charge < -0.3 is 14.6 Å². The topological polar surface area (TPSA) is 45.5 Å². The molecule has 1 amide bonds. The van der Waals surface area contributed by atoms with Crippen molar-refractivity contribution in [2.75, 3.05) is 19.6 Å². The molecule has 5 heteroatoms. The Morgan fingerprint density at radius 3 is 2.60 bits per heavy atom. The lowest BCUT2D eigenvalue weighted by atomic mass is 10.0. The van der Waals surface area contributed by atoms with Gasteiger partial charge in [-0.2, -0.15) is 0 Å². The van der Waals surface area contributed by atoms with Crippen molar-refractivity contribution in [3.63, 3.8) is 0 Å². The van der Waals surface area contributed by atoms with E-state index in [0.717, 1.165) is 55.4 Å². The first kappa shape index (κ1) is 19.8. The van der Waals surface area contributed by atoms with Crippen molar-refractivity contribution in [1.82, 2.24) is 10.2 Å². The van der Waals surface area contributed by atoms with Crippen molar-refractivity contribution in [3.8, 4) is 0 Å². The fourth-order valence-corrected chi connectivity index (χ4v) is 3.61. The van der Waals surface area contributed by atoms with Crippen LogP contribution in [0.5, 0.6) is 0 Å². The Hall–Kier alpha value is -1.52. The van der Waals surface area contributed by atoms with Crippen LogP contribution in [0.4, 0.5) is 0 Å². The summed E-state index contributed by atoms with van der Waals surface area (Å²) in [6.45, 7) is 9.18. The Morgan fingerprint density at radius 1 is 1.24 bits per heavy atom. The van der Waals surface area contributed by atoms with E-state index in [0.29, 0.717) is 12.5 Å². The summed E-state index contributed by atoms with van der Waals surface area (Å²) in [5.74, 6) is 0.227. The van der Waals surface area contributed by atoms with Crippen LogP contribution in [0, 0.1) is 13.8 Å². The number of rotatable bonds is 5. The average Bonchev–Trinajstić information content (AvgIpc) is 2.95. The Labute approximate surface area is 156 Å². The van der Waals surface area contributed by atoms with E-state index in [2.05, 4.69) is 43.1 Å². The average molecular weight is 365 g/mol. The van der Waals surface area contributed by atoms with Gasteiger partial charge in [-0.3, -0.25) is 4.79 Å². The number of halogens is 1. The third-order valence-corrected chi connectivity index (χ3v) is 5.15. The van der Waals surface area contributed by atoms with Crippen molar-refractivity contribution in [3.05, 3.63) is 35.1 Å². The minimum atomic E-state index is 0. The zero-order valence-corrected chi connectivity index (χ0v) is 16.2. The van der Waals surface area contributed by atoms with E-state index in [-0.39, 0.29) is 18.3 Å². The van der Waals surface area contributed by atoms with Gasteiger partial charge in [0.15, 0.2) is 0 Å². The summed E-state index contributed by atoms with van der Waals surface area (Å²) in [4.78, 5) is 15.1. The minimum Gasteiger partial charge on any atom is -0.464 e. The second-order valence-corrected chi connectivity index (χ2v) is 6.94. The van der Waals surface area contributed by atoms with E-state index in [1.54, 1.807) is 6.26 Å². The van der Waals surface area contributed by atoms with E-state index in [1.165, 1.54) is 11.1 Å². The van der Waals surface area contributed by atoms with Crippen LogP contribution in [0.3, 0.4) is 0 Å². The number of carbonyl (C=O) groups excluding carboxylic acids is 1. The first-order valence-electron chi connectivity index (χ1n) is 9.07. The molecule has 1 aromatic carbocycles. The summed E-state index contributed by atoms with van der Waals surface area (Å²) in [7, 11) is 0. The Balaban J connectivity index is 0.00000225. The summed E-state index contributed by atoms with van der Waals surface area (Å²) < 4.78 is 5.69. The number of piperidine rings is 1. The van der Waals surface area contributed by atoms with Crippen molar-refractivity contribution in [2.24, 2.45) is 0 Å². The first-order valence-corrected chi connectivity index (χ1v) is 9.07. The van der Waals surface area contributed by atoms with Crippen LogP contribution in [-0.4, -0.2) is 36.5 Å². The van der Waals surface area contributed by atoms with E-state index in [9.17, 15) is 4.79 Å². The number of hydrogen-bond acceptors (Lipinski definition) is 3. The number of hydrogen-bond donors (Lipinski definition) is 1. The molecule has 0 spiro atoms. The van der Waals surface area contributed by atoms with Gasteiger partial charge >= 0.3 is 0 Å². The van der Waals surface area contributed by atoms with Gasteiger partial charge in [0.1, 0.15) is 5.58 Å². The molecule has 1 N–H and O–H groups in total. The Bertz CT molecular complexity index is 720. The monoisotopic (exact) mass is 364 g/mol. The van der Waals surface area contributed by atoms with Gasteiger partial charge in [0.05, 0.1) is 12.7 Å². The van der Waals surface area contributed by atoms with Gasteiger partial charge in [-0.05, 0) is 69.5 Å². The zero-order valence-electron chi connectivity index (χ0n) is 15.4. The highest BCUT2D eigenvalue weighted by Gasteiger charge is 2.25. The van der Waals surface area contributed by atoms with E-state index in [1.807, 2.05) is 0 Å². The molecule has 0 unspecified atom stereocenters. The number of aryl methyl sites for hydroxylation is 2. The summed E-state index contributed by atoms with van der Waals surface area (Å²) in [6.07, 6.45) is 5.29. The highest BCUT2D eigenvalue weighted by molar-refractivity contribution is 5.88. The smallest absolute Gasteiger partial charge is 0.227 e. The van der Waals surface area contributed by atoms with Crippen molar-refractivity contribution >= 4 is 29.3 Å². The second-order valence-electron chi connectivity index (χ2n) is 6.94. The van der Waals surface area contributed by atoms with E-state index < -0.39 is 0 Å². The summed E-state index contributed by atoms with van der Waals surface area (Å²) in [6, 6.07) is 4.58. The number of furan rings is 1. The molecule has 2 aromatic rings. The molecule has 0 radical (unpaired) electrons. The van der Waals surface area contributed by atoms with E-state index >= 15 is 0 Å². The van der Waals surface area contributed by atoms with Crippen LogP contribution in [0.1, 0.15) is 42.9 Å². The van der Waals surface area contributed by atoms with Crippen molar-refractivity contribution in [1.29, 1.82) is 0 Å². The molecular formula is C20H29ClN2O2. The molecule has 3 rings (SSSR count).